The maximum atomic E-state index is 14.5. The Bertz CT molecular complexity index is 1450. The summed E-state index contributed by atoms with van der Waals surface area (Å²) < 4.78 is 47.0. The van der Waals surface area contributed by atoms with Gasteiger partial charge < -0.3 is 15.2 Å². The van der Waals surface area contributed by atoms with Gasteiger partial charge in [-0.1, -0.05) is 24.3 Å². The highest BCUT2D eigenvalue weighted by Crippen LogP contribution is 2.32. The van der Waals surface area contributed by atoms with E-state index in [-0.39, 0.29) is 11.4 Å². The monoisotopic (exact) mass is 482 g/mol. The second-order valence-electron chi connectivity index (χ2n) is 8.01. The fourth-order valence-corrected chi connectivity index (χ4v) is 3.76. The van der Waals surface area contributed by atoms with Crippen LogP contribution in [0.1, 0.15) is 35.7 Å². The van der Waals surface area contributed by atoms with Crippen molar-refractivity contribution in [1.82, 2.24) is 5.32 Å². The fraction of sp³-hybridized carbons (Fsp3) is 0.154. The summed E-state index contributed by atoms with van der Waals surface area (Å²) in [4.78, 5) is 23.0. The molecule has 0 aromatic heterocycles. The lowest BCUT2D eigenvalue weighted by molar-refractivity contribution is 0.414. The first-order valence-electron chi connectivity index (χ1n) is 10.6. The van der Waals surface area contributed by atoms with Gasteiger partial charge in [0.05, 0.1) is 18.8 Å². The van der Waals surface area contributed by atoms with E-state index in [0.717, 1.165) is 17.7 Å². The lowest BCUT2D eigenvalue weighted by atomic mass is 9.95. The number of hydrogen-bond acceptors (Lipinski definition) is 6. The summed E-state index contributed by atoms with van der Waals surface area (Å²) >= 11 is 0. The van der Waals surface area contributed by atoms with Gasteiger partial charge in [-0.3, -0.25) is 14.9 Å². The van der Waals surface area contributed by atoms with Crippen molar-refractivity contribution in [2.45, 2.75) is 19.0 Å². The number of halogens is 3. The molecule has 0 amide bonds. The fourth-order valence-electron chi connectivity index (χ4n) is 3.76. The van der Waals surface area contributed by atoms with Crippen molar-refractivity contribution in [3.05, 3.63) is 115 Å². The van der Waals surface area contributed by atoms with Crippen LogP contribution in [0.5, 0.6) is 11.5 Å². The zero-order chi connectivity index (χ0) is 25.3. The summed E-state index contributed by atoms with van der Waals surface area (Å²) in [5, 5.41) is 15.5. The lowest BCUT2D eigenvalue weighted by Crippen LogP contribution is -2.32. The molecule has 9 heteroatoms. The molecular weight excluding hydrogens is 461 g/mol. The molecule has 0 fully saturated rings. The SMILES string of the molecule is COc1ccc(C(NC(C)c2ccc(F)c(F)c2)c2ccc(F)c(Nc3c(O)c(=O)c3=O)c2)cc1. The molecule has 180 valence electrons. The molecule has 0 aliphatic carbocycles. The van der Waals surface area contributed by atoms with Gasteiger partial charge in [-0.15, -0.1) is 0 Å². The van der Waals surface area contributed by atoms with Crippen LogP contribution in [-0.2, 0) is 0 Å². The smallest absolute Gasteiger partial charge is 0.271 e. The number of ether oxygens (including phenoxy) is 1. The predicted octanol–water partition coefficient (Wildman–Crippen LogP) is 4.60. The maximum absolute atomic E-state index is 14.5. The van der Waals surface area contributed by atoms with Gasteiger partial charge in [0.15, 0.2) is 17.4 Å². The molecular formula is C26H21F3N2O4. The van der Waals surface area contributed by atoms with Crippen LogP contribution >= 0.6 is 0 Å². The molecule has 0 heterocycles. The molecule has 0 radical (unpaired) electrons. The van der Waals surface area contributed by atoms with Gasteiger partial charge in [-0.05, 0) is 60.0 Å². The number of rotatable bonds is 8. The third-order valence-corrected chi connectivity index (χ3v) is 5.78. The molecule has 2 atom stereocenters. The Labute approximate surface area is 198 Å². The van der Waals surface area contributed by atoms with Gasteiger partial charge in [0.25, 0.3) is 10.9 Å². The summed E-state index contributed by atoms with van der Waals surface area (Å²) in [5.74, 6) is -2.76. The van der Waals surface area contributed by atoms with Crippen LogP contribution in [0.3, 0.4) is 0 Å². The first-order valence-corrected chi connectivity index (χ1v) is 10.6. The van der Waals surface area contributed by atoms with E-state index in [1.165, 1.54) is 31.4 Å². The molecule has 6 nitrogen and oxygen atoms in total. The molecule has 0 bridgehead atoms. The minimum absolute atomic E-state index is 0.120. The van der Waals surface area contributed by atoms with E-state index >= 15 is 0 Å². The Morgan fingerprint density at radius 3 is 2.06 bits per heavy atom. The predicted molar refractivity (Wildman–Crippen MR) is 125 cm³/mol. The Hall–Kier alpha value is -4.11. The van der Waals surface area contributed by atoms with Crippen molar-refractivity contribution in [2.24, 2.45) is 0 Å². The molecule has 0 saturated heterocycles. The summed E-state index contributed by atoms with van der Waals surface area (Å²) in [6, 6.07) is 13.9. The van der Waals surface area contributed by atoms with Crippen molar-refractivity contribution >= 4 is 11.4 Å². The van der Waals surface area contributed by atoms with Crippen molar-refractivity contribution in [3.8, 4) is 11.5 Å². The van der Waals surface area contributed by atoms with Gasteiger partial charge >= 0.3 is 0 Å². The molecule has 0 saturated carbocycles. The second kappa shape index (κ2) is 9.63. The molecule has 4 rings (SSSR count). The van der Waals surface area contributed by atoms with E-state index < -0.39 is 46.1 Å². The van der Waals surface area contributed by atoms with Crippen molar-refractivity contribution in [2.75, 3.05) is 12.4 Å². The first-order chi connectivity index (χ1) is 16.7. The highest BCUT2D eigenvalue weighted by Gasteiger charge is 2.23. The van der Waals surface area contributed by atoms with E-state index in [4.69, 9.17) is 4.74 Å². The minimum Gasteiger partial charge on any atom is -0.502 e. The van der Waals surface area contributed by atoms with Crippen molar-refractivity contribution in [1.29, 1.82) is 0 Å². The van der Waals surface area contributed by atoms with Crippen LogP contribution in [-0.4, -0.2) is 12.2 Å². The Balaban J connectivity index is 1.72. The van der Waals surface area contributed by atoms with Crippen LogP contribution in [0.15, 0.2) is 70.3 Å². The zero-order valence-corrected chi connectivity index (χ0v) is 18.7. The molecule has 35 heavy (non-hydrogen) atoms. The van der Waals surface area contributed by atoms with Gasteiger partial charge in [-0.25, -0.2) is 13.2 Å². The molecule has 2 unspecified atom stereocenters. The summed E-state index contributed by atoms with van der Waals surface area (Å²) in [7, 11) is 1.53. The van der Waals surface area contributed by atoms with Gasteiger partial charge in [0, 0.05) is 6.04 Å². The number of aromatic hydroxyl groups is 1. The molecule has 0 aliphatic heterocycles. The first kappa shape index (κ1) is 24.0. The maximum Gasteiger partial charge on any atom is 0.271 e. The zero-order valence-electron chi connectivity index (χ0n) is 18.7. The third kappa shape index (κ3) is 4.76. The normalized spacial score (nSPS) is 12.9. The summed E-state index contributed by atoms with van der Waals surface area (Å²) in [5.41, 5.74) is -0.662. The van der Waals surface area contributed by atoms with Gasteiger partial charge in [0.1, 0.15) is 17.3 Å². The van der Waals surface area contributed by atoms with E-state index in [1.807, 2.05) is 0 Å². The van der Waals surface area contributed by atoms with Crippen molar-refractivity contribution in [3.63, 3.8) is 0 Å². The van der Waals surface area contributed by atoms with E-state index in [1.54, 1.807) is 31.2 Å². The second-order valence-corrected chi connectivity index (χ2v) is 8.01. The highest BCUT2D eigenvalue weighted by atomic mass is 19.2. The quantitative estimate of drug-likeness (QED) is 0.318. The largest absolute Gasteiger partial charge is 0.502 e. The highest BCUT2D eigenvalue weighted by molar-refractivity contribution is 5.70. The number of nitrogens with one attached hydrogen (secondary N) is 2. The number of hydrogen-bond donors (Lipinski definition) is 3. The average Bonchev–Trinajstić information content (AvgIpc) is 2.87. The number of methoxy groups -OCH3 is 1. The standard InChI is InChI=1S/C26H21F3N2O4/c1-13(15-5-9-18(27)20(29)11-15)30-22(14-3-7-17(35-2)8-4-14)16-6-10-19(28)21(12-16)31-23-24(32)26(34)25(23)33/h3-13,22,30-32H,1-2H3. The number of anilines is 2. The topological polar surface area (TPSA) is 87.7 Å². The molecule has 0 aliphatic rings. The van der Waals surface area contributed by atoms with Crippen molar-refractivity contribution < 1.29 is 23.0 Å². The average molecular weight is 482 g/mol. The van der Waals surface area contributed by atoms with E-state index in [2.05, 4.69) is 10.6 Å². The Morgan fingerprint density at radius 2 is 1.43 bits per heavy atom. The molecule has 3 N–H and O–H groups in total. The molecule has 4 aromatic carbocycles. The van der Waals surface area contributed by atoms with Crippen LogP contribution in [0.4, 0.5) is 24.5 Å². The van der Waals surface area contributed by atoms with Crippen LogP contribution in [0.25, 0.3) is 0 Å². The number of benzene rings is 3. The summed E-state index contributed by atoms with van der Waals surface area (Å²) in [6.07, 6.45) is 0. The van der Waals surface area contributed by atoms with Gasteiger partial charge in [-0.2, -0.15) is 0 Å². The molecule has 0 spiro atoms. The van der Waals surface area contributed by atoms with Crippen LogP contribution < -0.4 is 26.2 Å². The van der Waals surface area contributed by atoms with E-state index in [0.29, 0.717) is 16.9 Å². The van der Waals surface area contributed by atoms with E-state index in [9.17, 15) is 27.9 Å². The Morgan fingerprint density at radius 1 is 0.800 bits per heavy atom. The van der Waals surface area contributed by atoms with Crippen LogP contribution in [0.2, 0.25) is 0 Å². The van der Waals surface area contributed by atoms with Crippen LogP contribution in [0, 0.1) is 17.5 Å². The minimum atomic E-state index is -1.04. The third-order valence-electron chi connectivity index (χ3n) is 5.78. The summed E-state index contributed by atoms with van der Waals surface area (Å²) in [6.45, 7) is 1.77. The Kier molecular flexibility index (Phi) is 6.61. The lowest BCUT2D eigenvalue weighted by Gasteiger charge is -2.26. The molecule has 4 aromatic rings. The van der Waals surface area contributed by atoms with Gasteiger partial charge in [0.2, 0.25) is 0 Å².